The number of nitrogens with zero attached hydrogens (tertiary/aromatic N) is 2. The maximum absolute atomic E-state index is 2.37. The number of para-hydroxylation sites is 4. The van der Waals surface area contributed by atoms with E-state index in [4.69, 9.17) is 0 Å². The summed E-state index contributed by atoms with van der Waals surface area (Å²) in [7, 11) is 4.36. The first-order valence-corrected chi connectivity index (χ1v) is 13.0. The lowest BCUT2D eigenvalue weighted by Crippen LogP contribution is -2.22. The molecule has 3 heteroatoms. The maximum Gasteiger partial charge on any atom is 0.0475 e. The second-order valence-electron chi connectivity index (χ2n) is 9.46. The average molecular weight is 471 g/mol. The van der Waals surface area contributed by atoms with E-state index in [1.807, 2.05) is 11.3 Å². The quantitative estimate of drug-likeness (QED) is 0.256. The van der Waals surface area contributed by atoms with Crippen LogP contribution in [0.2, 0.25) is 0 Å². The highest BCUT2D eigenvalue weighted by Crippen LogP contribution is 2.52. The molecule has 5 aromatic rings. The van der Waals surface area contributed by atoms with Gasteiger partial charge in [0.2, 0.25) is 0 Å². The van der Waals surface area contributed by atoms with Gasteiger partial charge in [0, 0.05) is 58.4 Å². The number of thiophene rings is 1. The van der Waals surface area contributed by atoms with Crippen LogP contribution in [0.1, 0.15) is 43.8 Å². The molecular weight excluding hydrogens is 444 g/mol. The van der Waals surface area contributed by atoms with Crippen LogP contribution in [0.15, 0.2) is 109 Å². The minimum absolute atomic E-state index is 0.245. The zero-order valence-electron chi connectivity index (χ0n) is 19.8. The highest BCUT2D eigenvalue weighted by molar-refractivity contribution is 7.12. The van der Waals surface area contributed by atoms with Gasteiger partial charge < -0.3 is 9.80 Å². The van der Waals surface area contributed by atoms with E-state index in [2.05, 4.69) is 133 Å². The standard InChI is InChI=1S/C32H26N2S/c1-33-25-15-7-3-11-21(25)31(22-12-4-8-16-26(22)33)29-19-20-30(35-29)32-23-13-5-9-17-27(23)34(2)28-18-10-6-14-24(28)32/h3-20,31-32H,1-2H3. The van der Waals surface area contributed by atoms with E-state index >= 15 is 0 Å². The Balaban J connectivity index is 1.40. The third-order valence-corrected chi connectivity index (χ3v) is 8.87. The van der Waals surface area contributed by atoms with Crippen molar-refractivity contribution in [3.05, 3.63) is 141 Å². The van der Waals surface area contributed by atoms with Crippen LogP contribution in [-0.4, -0.2) is 14.1 Å². The van der Waals surface area contributed by atoms with Crippen molar-refractivity contribution in [3.8, 4) is 0 Å². The number of fused-ring (bicyclic) bond motifs is 4. The molecule has 0 aliphatic carbocycles. The monoisotopic (exact) mass is 470 g/mol. The molecular formula is C32H26N2S. The van der Waals surface area contributed by atoms with Crippen LogP contribution in [0.3, 0.4) is 0 Å². The van der Waals surface area contributed by atoms with Crippen molar-refractivity contribution < 1.29 is 0 Å². The van der Waals surface area contributed by atoms with Crippen LogP contribution in [0, 0.1) is 0 Å². The molecule has 0 amide bonds. The summed E-state index contributed by atoms with van der Waals surface area (Å²) >= 11 is 1.97. The number of rotatable bonds is 2. The molecule has 0 N–H and O–H groups in total. The summed E-state index contributed by atoms with van der Waals surface area (Å²) in [4.78, 5) is 7.47. The number of hydrogen-bond acceptors (Lipinski definition) is 3. The van der Waals surface area contributed by atoms with Crippen LogP contribution >= 0.6 is 11.3 Å². The Labute approximate surface area is 210 Å². The van der Waals surface area contributed by atoms with Crippen molar-refractivity contribution >= 4 is 34.1 Å². The van der Waals surface area contributed by atoms with E-state index in [1.165, 1.54) is 54.8 Å². The fourth-order valence-corrected chi connectivity index (χ4v) is 7.32. The van der Waals surface area contributed by atoms with E-state index in [0.29, 0.717) is 0 Å². The van der Waals surface area contributed by atoms with Crippen LogP contribution in [0.25, 0.3) is 0 Å². The molecule has 3 heterocycles. The lowest BCUT2D eigenvalue weighted by Gasteiger charge is -2.35. The van der Waals surface area contributed by atoms with Crippen molar-refractivity contribution in [2.24, 2.45) is 0 Å². The van der Waals surface area contributed by atoms with Gasteiger partial charge in [-0.25, -0.2) is 0 Å². The Morgan fingerprint density at radius 2 is 0.714 bits per heavy atom. The van der Waals surface area contributed by atoms with Gasteiger partial charge in [-0.2, -0.15) is 0 Å². The minimum atomic E-state index is 0.245. The van der Waals surface area contributed by atoms with Crippen molar-refractivity contribution in [1.29, 1.82) is 0 Å². The molecule has 1 aromatic heterocycles. The Bertz CT molecular complexity index is 1350. The third-order valence-electron chi connectivity index (χ3n) is 7.65. The summed E-state index contributed by atoms with van der Waals surface area (Å²) in [6.45, 7) is 0. The minimum Gasteiger partial charge on any atom is -0.344 e. The van der Waals surface area contributed by atoms with E-state index < -0.39 is 0 Å². The van der Waals surface area contributed by atoms with E-state index in [9.17, 15) is 0 Å². The average Bonchev–Trinajstić information content (AvgIpc) is 3.38. The molecule has 170 valence electrons. The molecule has 7 rings (SSSR count). The maximum atomic E-state index is 2.37. The van der Waals surface area contributed by atoms with E-state index in [-0.39, 0.29) is 11.8 Å². The fourth-order valence-electron chi connectivity index (χ4n) is 6.03. The first-order chi connectivity index (χ1) is 17.2. The van der Waals surface area contributed by atoms with Gasteiger partial charge in [-0.1, -0.05) is 72.8 Å². The Hall–Kier alpha value is -3.82. The smallest absolute Gasteiger partial charge is 0.0475 e. The molecule has 0 atom stereocenters. The molecule has 4 aromatic carbocycles. The number of hydrogen-bond donors (Lipinski definition) is 0. The second-order valence-corrected chi connectivity index (χ2v) is 10.6. The Kier molecular flexibility index (Phi) is 4.61. The van der Waals surface area contributed by atoms with Gasteiger partial charge in [0.15, 0.2) is 0 Å². The summed E-state index contributed by atoms with van der Waals surface area (Å²) in [5, 5.41) is 0. The molecule has 0 fully saturated rings. The van der Waals surface area contributed by atoms with Crippen molar-refractivity contribution in [2.75, 3.05) is 23.9 Å². The Morgan fingerprint density at radius 3 is 1.03 bits per heavy atom. The topological polar surface area (TPSA) is 6.48 Å². The summed E-state index contributed by atoms with van der Waals surface area (Å²) < 4.78 is 0. The highest BCUT2D eigenvalue weighted by atomic mass is 32.1. The van der Waals surface area contributed by atoms with Gasteiger partial charge in [0.25, 0.3) is 0 Å². The summed E-state index contributed by atoms with van der Waals surface area (Å²) in [6.07, 6.45) is 0. The number of anilines is 4. The van der Waals surface area contributed by atoms with Crippen LogP contribution in [-0.2, 0) is 0 Å². The molecule has 0 radical (unpaired) electrons. The van der Waals surface area contributed by atoms with Gasteiger partial charge in [-0.05, 0) is 58.7 Å². The molecule has 0 spiro atoms. The van der Waals surface area contributed by atoms with Crippen LogP contribution in [0.4, 0.5) is 22.7 Å². The van der Waals surface area contributed by atoms with Gasteiger partial charge in [-0.3, -0.25) is 0 Å². The fraction of sp³-hybridized carbons (Fsp3) is 0.125. The number of benzene rings is 4. The SMILES string of the molecule is CN1c2ccccc2C(c2ccc(C3c4ccccc4N(C)c4ccccc43)s2)c2ccccc21. The Morgan fingerprint density at radius 1 is 0.429 bits per heavy atom. The molecule has 0 saturated heterocycles. The molecule has 2 nitrogen and oxygen atoms in total. The predicted molar refractivity (Wildman–Crippen MR) is 148 cm³/mol. The highest BCUT2D eigenvalue weighted by Gasteiger charge is 2.33. The second kappa shape index (κ2) is 7.86. The van der Waals surface area contributed by atoms with Gasteiger partial charge in [0.05, 0.1) is 0 Å². The molecule has 0 unspecified atom stereocenters. The molecule has 0 bridgehead atoms. The van der Waals surface area contributed by atoms with E-state index in [0.717, 1.165) is 0 Å². The summed E-state index contributed by atoms with van der Waals surface area (Å²) in [5.74, 6) is 0.489. The molecule has 0 saturated carbocycles. The lowest BCUT2D eigenvalue weighted by molar-refractivity contribution is 0.944. The van der Waals surface area contributed by atoms with Crippen LogP contribution < -0.4 is 9.80 Å². The van der Waals surface area contributed by atoms with Gasteiger partial charge >= 0.3 is 0 Å². The van der Waals surface area contributed by atoms with Crippen molar-refractivity contribution in [2.45, 2.75) is 11.8 Å². The van der Waals surface area contributed by atoms with Crippen molar-refractivity contribution in [3.63, 3.8) is 0 Å². The normalized spacial score (nSPS) is 14.8. The lowest BCUT2D eigenvalue weighted by atomic mass is 9.83. The first kappa shape index (κ1) is 20.5. The van der Waals surface area contributed by atoms with Gasteiger partial charge in [0.1, 0.15) is 0 Å². The molecule has 2 aliphatic rings. The van der Waals surface area contributed by atoms with Gasteiger partial charge in [-0.15, -0.1) is 11.3 Å². The first-order valence-electron chi connectivity index (χ1n) is 12.1. The zero-order chi connectivity index (χ0) is 23.5. The largest absolute Gasteiger partial charge is 0.344 e. The molecule has 35 heavy (non-hydrogen) atoms. The zero-order valence-corrected chi connectivity index (χ0v) is 20.7. The van der Waals surface area contributed by atoms with Crippen LogP contribution in [0.5, 0.6) is 0 Å². The van der Waals surface area contributed by atoms with E-state index in [1.54, 1.807) is 0 Å². The third kappa shape index (κ3) is 3.01. The summed E-state index contributed by atoms with van der Waals surface area (Å²) in [6, 6.07) is 40.2. The molecule has 2 aliphatic heterocycles. The van der Waals surface area contributed by atoms with Crippen molar-refractivity contribution in [1.82, 2.24) is 0 Å². The predicted octanol–water partition coefficient (Wildman–Crippen LogP) is 8.27. The summed E-state index contributed by atoms with van der Waals surface area (Å²) in [5.41, 5.74) is 10.7.